The van der Waals surface area contributed by atoms with Crippen LogP contribution < -0.4 is 16.0 Å². The molecule has 160 valence electrons. The Kier molecular flexibility index (Phi) is 7.79. The summed E-state index contributed by atoms with van der Waals surface area (Å²) in [6.07, 6.45) is 2.36. The van der Waals surface area contributed by atoms with Crippen LogP contribution in [0.2, 0.25) is 0 Å². The van der Waals surface area contributed by atoms with Gasteiger partial charge in [0, 0.05) is 25.2 Å². The molecule has 1 fully saturated rings. The van der Waals surface area contributed by atoms with Crippen molar-refractivity contribution >= 4 is 11.9 Å². The maximum Gasteiger partial charge on any atom is 0.314 e. The minimum Gasteiger partial charge on any atom is -0.350 e. The summed E-state index contributed by atoms with van der Waals surface area (Å²) in [5, 5.41) is 8.37. The van der Waals surface area contributed by atoms with Gasteiger partial charge >= 0.3 is 6.03 Å². The Hall–Kier alpha value is -2.93. The highest BCUT2D eigenvalue weighted by Crippen LogP contribution is 2.24. The molecule has 0 aromatic heterocycles. The number of hydrogen-bond acceptors (Lipinski definition) is 3. The fourth-order valence-corrected chi connectivity index (χ4v) is 3.63. The summed E-state index contributed by atoms with van der Waals surface area (Å²) in [6, 6.07) is 14.4. The average Bonchev–Trinajstić information content (AvgIpc) is 3.28. The molecule has 3 rings (SSSR count). The predicted octanol–water partition coefficient (Wildman–Crippen LogP) is 3.00. The normalized spacial score (nSPS) is 14.9. The van der Waals surface area contributed by atoms with Crippen LogP contribution in [0.3, 0.4) is 0 Å². The van der Waals surface area contributed by atoms with Crippen LogP contribution in [0.1, 0.15) is 40.4 Å². The van der Waals surface area contributed by atoms with Crippen molar-refractivity contribution in [2.45, 2.75) is 25.8 Å². The van der Waals surface area contributed by atoms with Crippen molar-refractivity contribution in [2.75, 3.05) is 32.7 Å². The third-order valence-corrected chi connectivity index (χ3v) is 5.35. The Labute approximate surface area is 176 Å². The van der Waals surface area contributed by atoms with Crippen LogP contribution in [0.5, 0.6) is 0 Å². The van der Waals surface area contributed by atoms with Crippen LogP contribution in [0.4, 0.5) is 9.18 Å². The number of amides is 3. The summed E-state index contributed by atoms with van der Waals surface area (Å²) in [7, 11) is 0. The number of hydrogen-bond donors (Lipinski definition) is 3. The first-order chi connectivity index (χ1) is 14.5. The minimum atomic E-state index is -0.411. The summed E-state index contributed by atoms with van der Waals surface area (Å²) in [5.74, 6) is -0.777. The lowest BCUT2D eigenvalue weighted by atomic mass is 10.1. The van der Waals surface area contributed by atoms with E-state index in [2.05, 4.69) is 33.0 Å². The first-order valence-electron chi connectivity index (χ1n) is 10.4. The smallest absolute Gasteiger partial charge is 0.314 e. The van der Waals surface area contributed by atoms with Gasteiger partial charge in [0.25, 0.3) is 5.91 Å². The van der Waals surface area contributed by atoms with Gasteiger partial charge in [0.05, 0.1) is 6.04 Å². The summed E-state index contributed by atoms with van der Waals surface area (Å²) < 4.78 is 13.6. The summed E-state index contributed by atoms with van der Waals surface area (Å²) in [6.45, 7) is 4.78. The van der Waals surface area contributed by atoms with Gasteiger partial charge in [0.15, 0.2) is 0 Å². The topological polar surface area (TPSA) is 73.5 Å². The fourth-order valence-electron chi connectivity index (χ4n) is 3.63. The minimum absolute atomic E-state index is 0.149. The van der Waals surface area contributed by atoms with Gasteiger partial charge in [-0.15, -0.1) is 0 Å². The van der Waals surface area contributed by atoms with E-state index in [4.69, 9.17) is 0 Å². The second kappa shape index (κ2) is 10.7. The van der Waals surface area contributed by atoms with E-state index in [9.17, 15) is 14.0 Å². The number of likely N-dealkylation sites (tertiary alicyclic amines) is 1. The number of nitrogens with zero attached hydrogens (tertiary/aromatic N) is 1. The van der Waals surface area contributed by atoms with Crippen LogP contribution in [-0.2, 0) is 0 Å². The van der Waals surface area contributed by atoms with Gasteiger partial charge in [-0.1, -0.05) is 36.4 Å². The molecular weight excluding hydrogens is 383 g/mol. The molecule has 1 aliphatic heterocycles. The average molecular weight is 413 g/mol. The Morgan fingerprint density at radius 2 is 1.70 bits per heavy atom. The Morgan fingerprint density at radius 3 is 2.40 bits per heavy atom. The third kappa shape index (κ3) is 6.03. The van der Waals surface area contributed by atoms with E-state index in [-0.39, 0.29) is 36.6 Å². The lowest BCUT2D eigenvalue weighted by Crippen LogP contribution is -2.43. The van der Waals surface area contributed by atoms with E-state index in [1.807, 2.05) is 18.2 Å². The molecule has 0 aliphatic carbocycles. The molecule has 0 bridgehead atoms. The molecule has 0 saturated carbocycles. The number of urea groups is 1. The summed E-state index contributed by atoms with van der Waals surface area (Å²) >= 11 is 0. The Bertz CT molecular complexity index is 854. The predicted molar refractivity (Wildman–Crippen MR) is 115 cm³/mol. The van der Waals surface area contributed by atoms with Crippen molar-refractivity contribution in [3.8, 4) is 0 Å². The van der Waals surface area contributed by atoms with Crippen molar-refractivity contribution < 1.29 is 14.0 Å². The number of carbonyl (C=O) groups is 2. The SMILES string of the molecule is Cc1ccc(C(=O)NCCNC(=O)NCC(c2ccccc2)N2CCCC2)cc1F. The van der Waals surface area contributed by atoms with E-state index >= 15 is 0 Å². The first-order valence-corrected chi connectivity index (χ1v) is 10.4. The number of rotatable bonds is 8. The van der Waals surface area contributed by atoms with E-state index in [0.717, 1.165) is 13.1 Å². The van der Waals surface area contributed by atoms with Gasteiger partial charge in [0.2, 0.25) is 0 Å². The van der Waals surface area contributed by atoms with Crippen LogP contribution >= 0.6 is 0 Å². The first kappa shape index (κ1) is 21.8. The molecule has 0 spiro atoms. The monoisotopic (exact) mass is 412 g/mol. The fraction of sp³-hybridized carbons (Fsp3) is 0.391. The molecule has 1 aliphatic rings. The highest BCUT2D eigenvalue weighted by molar-refractivity contribution is 5.94. The lowest BCUT2D eigenvalue weighted by molar-refractivity contribution is 0.0953. The quantitative estimate of drug-likeness (QED) is 0.584. The third-order valence-electron chi connectivity index (χ3n) is 5.35. The zero-order chi connectivity index (χ0) is 21.3. The molecule has 7 heteroatoms. The van der Waals surface area contributed by atoms with Gasteiger partial charge in [-0.2, -0.15) is 0 Å². The number of nitrogens with one attached hydrogen (secondary N) is 3. The van der Waals surface area contributed by atoms with E-state index < -0.39 is 5.82 Å². The summed E-state index contributed by atoms with van der Waals surface area (Å²) in [5.41, 5.74) is 1.95. The maximum atomic E-state index is 13.6. The van der Waals surface area contributed by atoms with Crippen molar-refractivity contribution in [1.82, 2.24) is 20.9 Å². The Balaban J connectivity index is 1.41. The zero-order valence-electron chi connectivity index (χ0n) is 17.3. The van der Waals surface area contributed by atoms with Gasteiger partial charge in [-0.25, -0.2) is 9.18 Å². The highest BCUT2D eigenvalue weighted by Gasteiger charge is 2.23. The van der Waals surface area contributed by atoms with Crippen LogP contribution in [0.25, 0.3) is 0 Å². The molecule has 3 amide bonds. The van der Waals surface area contributed by atoms with Crippen LogP contribution in [0, 0.1) is 12.7 Å². The van der Waals surface area contributed by atoms with Gasteiger partial charge < -0.3 is 16.0 Å². The molecule has 1 unspecified atom stereocenters. The molecular formula is C23H29FN4O2. The van der Waals surface area contributed by atoms with E-state index in [0.29, 0.717) is 12.1 Å². The molecule has 1 heterocycles. The molecule has 0 radical (unpaired) electrons. The number of halogens is 1. The highest BCUT2D eigenvalue weighted by atomic mass is 19.1. The van der Waals surface area contributed by atoms with Crippen molar-refractivity contribution in [2.24, 2.45) is 0 Å². The molecule has 30 heavy (non-hydrogen) atoms. The standard InChI is InChI=1S/C23H29FN4O2/c1-17-9-10-19(15-20(17)24)22(29)25-11-12-26-23(30)27-16-21(28-13-5-6-14-28)18-7-3-2-4-8-18/h2-4,7-10,15,21H,5-6,11-14,16H2,1H3,(H,25,29)(H2,26,27,30). The molecule has 1 saturated heterocycles. The molecule has 2 aromatic carbocycles. The second-order valence-electron chi connectivity index (χ2n) is 7.53. The lowest BCUT2D eigenvalue weighted by Gasteiger charge is -2.28. The largest absolute Gasteiger partial charge is 0.350 e. The molecule has 1 atom stereocenters. The second-order valence-corrected chi connectivity index (χ2v) is 7.53. The number of benzene rings is 2. The maximum absolute atomic E-state index is 13.6. The summed E-state index contributed by atoms with van der Waals surface area (Å²) in [4.78, 5) is 26.6. The van der Waals surface area contributed by atoms with Crippen molar-refractivity contribution in [3.63, 3.8) is 0 Å². The zero-order valence-corrected chi connectivity index (χ0v) is 17.3. The molecule has 6 nitrogen and oxygen atoms in total. The number of aryl methyl sites for hydroxylation is 1. The van der Waals surface area contributed by atoms with E-state index in [1.54, 1.807) is 19.1 Å². The Morgan fingerprint density at radius 1 is 1.00 bits per heavy atom. The number of carbonyl (C=O) groups excluding carboxylic acids is 2. The van der Waals surface area contributed by atoms with Crippen molar-refractivity contribution in [3.05, 3.63) is 71.0 Å². The van der Waals surface area contributed by atoms with Gasteiger partial charge in [0.1, 0.15) is 5.82 Å². The van der Waals surface area contributed by atoms with E-state index in [1.165, 1.54) is 24.5 Å². The molecule has 3 N–H and O–H groups in total. The van der Waals surface area contributed by atoms with Crippen molar-refractivity contribution in [1.29, 1.82) is 0 Å². The molecule has 2 aromatic rings. The van der Waals surface area contributed by atoms with Crippen LogP contribution in [-0.4, -0.2) is 49.6 Å². The van der Waals surface area contributed by atoms with Gasteiger partial charge in [-0.3, -0.25) is 9.69 Å². The van der Waals surface area contributed by atoms with Crippen LogP contribution in [0.15, 0.2) is 48.5 Å². The van der Waals surface area contributed by atoms with Gasteiger partial charge in [-0.05, 0) is 56.1 Å².